The number of carbonyl (C=O) groups excluding carboxylic acids is 4. The topological polar surface area (TPSA) is 136 Å². The first-order valence-electron chi connectivity index (χ1n) is 12.2. The number of ether oxygens (including phenoxy) is 1. The molecule has 0 radical (unpaired) electrons. The lowest BCUT2D eigenvalue weighted by molar-refractivity contribution is -0.152. The molecule has 0 aromatic carbocycles. The Kier molecular flexibility index (Phi) is 9.39. The summed E-state index contributed by atoms with van der Waals surface area (Å²) >= 11 is 0. The summed E-state index contributed by atoms with van der Waals surface area (Å²) in [4.78, 5) is 52.7. The maximum Gasteiger partial charge on any atom is 0.326 e. The Bertz CT molecular complexity index is 995. The van der Waals surface area contributed by atoms with Crippen molar-refractivity contribution in [3.05, 3.63) is 24.0 Å². The summed E-state index contributed by atoms with van der Waals surface area (Å²) in [7, 11) is 1.50. The first-order valence-corrected chi connectivity index (χ1v) is 12.2. The lowest BCUT2D eigenvalue weighted by Crippen LogP contribution is -2.55. The Morgan fingerprint density at radius 2 is 1.83 bits per heavy atom. The third kappa shape index (κ3) is 7.63. The number of hydrogen-bond donors (Lipinski definition) is 2. The van der Waals surface area contributed by atoms with Crippen molar-refractivity contribution in [2.24, 2.45) is 17.3 Å². The van der Waals surface area contributed by atoms with Crippen LogP contribution in [-0.4, -0.2) is 69.3 Å². The van der Waals surface area contributed by atoms with Gasteiger partial charge in [-0.1, -0.05) is 58.9 Å². The van der Waals surface area contributed by atoms with E-state index in [4.69, 9.17) is 4.74 Å². The van der Waals surface area contributed by atoms with E-state index in [1.165, 1.54) is 11.9 Å². The molecule has 1 aromatic rings. The third-order valence-electron chi connectivity index (χ3n) is 6.05. The summed E-state index contributed by atoms with van der Waals surface area (Å²) in [5.74, 6) is -2.71. The zero-order valence-electron chi connectivity index (χ0n) is 22.6. The van der Waals surface area contributed by atoms with Gasteiger partial charge in [0.25, 0.3) is 0 Å². The molecular formula is C25H40N6O5. The summed E-state index contributed by atoms with van der Waals surface area (Å²) in [5.41, 5.74) is 0.873. The molecule has 0 saturated carbocycles. The molecule has 1 aliphatic rings. The lowest BCUT2D eigenvalue weighted by atomic mass is 9.91. The van der Waals surface area contributed by atoms with Crippen LogP contribution < -0.4 is 10.6 Å². The molecule has 2 heterocycles. The smallest absolute Gasteiger partial charge is 0.326 e. The summed E-state index contributed by atoms with van der Waals surface area (Å²) in [6.45, 7) is 17.4. The van der Waals surface area contributed by atoms with E-state index in [1.54, 1.807) is 38.6 Å². The van der Waals surface area contributed by atoms with Gasteiger partial charge >= 0.3 is 5.97 Å². The van der Waals surface area contributed by atoms with Crippen LogP contribution in [0.25, 0.3) is 0 Å². The third-order valence-corrected chi connectivity index (χ3v) is 6.05. The molecule has 11 heteroatoms. The number of aromatic nitrogens is 3. The Balaban J connectivity index is 2.39. The highest BCUT2D eigenvalue weighted by molar-refractivity contribution is 5.93. The van der Waals surface area contributed by atoms with Gasteiger partial charge in [-0.2, -0.15) is 0 Å². The molecule has 200 valence electrons. The second kappa shape index (κ2) is 11.7. The van der Waals surface area contributed by atoms with Crippen molar-refractivity contribution in [1.29, 1.82) is 0 Å². The number of esters is 1. The van der Waals surface area contributed by atoms with Gasteiger partial charge in [0.15, 0.2) is 6.10 Å². The minimum Gasteiger partial charge on any atom is -0.454 e. The summed E-state index contributed by atoms with van der Waals surface area (Å²) in [5, 5.41) is 13.7. The Morgan fingerprint density at radius 3 is 2.42 bits per heavy atom. The molecule has 1 fully saturated rings. The quantitative estimate of drug-likeness (QED) is 0.471. The van der Waals surface area contributed by atoms with Crippen LogP contribution >= 0.6 is 0 Å². The van der Waals surface area contributed by atoms with Gasteiger partial charge in [-0.05, 0) is 18.3 Å². The van der Waals surface area contributed by atoms with Crippen LogP contribution in [0.1, 0.15) is 66.7 Å². The number of nitrogens with zero attached hydrogens (tertiary/aromatic N) is 4. The van der Waals surface area contributed by atoms with Crippen molar-refractivity contribution >= 4 is 23.7 Å². The van der Waals surface area contributed by atoms with Crippen LogP contribution in [0.3, 0.4) is 0 Å². The largest absolute Gasteiger partial charge is 0.454 e. The van der Waals surface area contributed by atoms with Crippen molar-refractivity contribution in [2.75, 3.05) is 13.6 Å². The van der Waals surface area contributed by atoms with Crippen LogP contribution in [-0.2, 0) is 30.5 Å². The number of amides is 3. The van der Waals surface area contributed by atoms with E-state index in [0.29, 0.717) is 17.8 Å². The second-order valence-electron chi connectivity index (χ2n) is 11.1. The molecule has 0 unspecified atom stereocenters. The van der Waals surface area contributed by atoms with Crippen LogP contribution in [0.15, 0.2) is 18.3 Å². The highest BCUT2D eigenvalue weighted by Crippen LogP contribution is 2.31. The molecule has 36 heavy (non-hydrogen) atoms. The van der Waals surface area contributed by atoms with Crippen molar-refractivity contribution in [3.8, 4) is 0 Å². The van der Waals surface area contributed by atoms with Gasteiger partial charge in [0, 0.05) is 25.9 Å². The van der Waals surface area contributed by atoms with Crippen molar-refractivity contribution in [3.63, 3.8) is 0 Å². The van der Waals surface area contributed by atoms with Crippen molar-refractivity contribution in [1.82, 2.24) is 30.5 Å². The molecule has 0 aliphatic carbocycles. The van der Waals surface area contributed by atoms with Gasteiger partial charge in [0.1, 0.15) is 24.3 Å². The fraction of sp³-hybridized carbons (Fsp3) is 0.680. The van der Waals surface area contributed by atoms with E-state index in [9.17, 15) is 19.2 Å². The number of nitrogens with one attached hydrogen (secondary N) is 2. The minimum absolute atomic E-state index is 0.0464. The zero-order valence-corrected chi connectivity index (χ0v) is 22.6. The Labute approximate surface area is 213 Å². The average Bonchev–Trinajstić information content (AvgIpc) is 3.20. The highest BCUT2D eigenvalue weighted by atomic mass is 16.5. The number of rotatable bonds is 3. The zero-order chi connectivity index (χ0) is 27.4. The fourth-order valence-corrected chi connectivity index (χ4v) is 4.18. The SMILES string of the molecule is C=C1CC(=O)N[C@@H](C)C(=O)N(C)[C@@H](C(C)C)C(=O)NCC(=O)O[C@@H](c2cn(CC(C)(C)C)nn2)[C@@H]1C. The molecule has 1 aliphatic heterocycles. The first-order chi connectivity index (χ1) is 16.6. The summed E-state index contributed by atoms with van der Waals surface area (Å²) in [6.07, 6.45) is 0.776. The fourth-order valence-electron chi connectivity index (χ4n) is 4.18. The maximum atomic E-state index is 12.9. The van der Waals surface area contributed by atoms with Crippen LogP contribution in [0.4, 0.5) is 0 Å². The normalized spacial score (nSPS) is 25.7. The van der Waals surface area contributed by atoms with E-state index < -0.39 is 47.8 Å². The number of carbonyl (C=O) groups is 4. The van der Waals surface area contributed by atoms with Gasteiger partial charge in [0.2, 0.25) is 17.7 Å². The van der Waals surface area contributed by atoms with E-state index in [1.807, 2.05) is 0 Å². The summed E-state index contributed by atoms with van der Waals surface area (Å²) < 4.78 is 7.42. The molecule has 2 rings (SSSR count). The van der Waals surface area contributed by atoms with Crippen molar-refractivity contribution < 1.29 is 23.9 Å². The van der Waals surface area contributed by atoms with Crippen LogP contribution in [0.2, 0.25) is 0 Å². The monoisotopic (exact) mass is 504 g/mol. The van der Waals surface area contributed by atoms with Gasteiger partial charge in [-0.3, -0.25) is 23.9 Å². The molecule has 3 amide bonds. The highest BCUT2D eigenvalue weighted by Gasteiger charge is 2.35. The average molecular weight is 505 g/mol. The predicted molar refractivity (Wildman–Crippen MR) is 133 cm³/mol. The van der Waals surface area contributed by atoms with Gasteiger partial charge in [-0.25, -0.2) is 0 Å². The van der Waals surface area contributed by atoms with Gasteiger partial charge in [-0.15, -0.1) is 5.10 Å². The number of likely N-dealkylation sites (N-methyl/N-ethyl adjacent to an activating group) is 1. The molecule has 1 saturated heterocycles. The predicted octanol–water partition coefficient (Wildman–Crippen LogP) is 1.61. The second-order valence-corrected chi connectivity index (χ2v) is 11.1. The number of hydrogen-bond acceptors (Lipinski definition) is 7. The van der Waals surface area contributed by atoms with E-state index in [-0.39, 0.29) is 24.3 Å². The van der Waals surface area contributed by atoms with E-state index in [0.717, 1.165) is 0 Å². The standard InChI is InChI=1S/C25H40N6O5/c1-14(2)21-23(34)26-11-20(33)36-22(18-12-31(29-28-18)13-25(6,7)8)16(4)15(3)10-19(32)27-17(5)24(35)30(21)9/h12,14,16-17,21-22H,3,10-11,13H2,1-2,4-9H3,(H,26,34)(H,27,32)/t16-,17+,21+,22-/m1/s1. The van der Waals surface area contributed by atoms with Crippen LogP contribution in [0.5, 0.6) is 0 Å². The summed E-state index contributed by atoms with van der Waals surface area (Å²) in [6, 6.07) is -1.69. The van der Waals surface area contributed by atoms with E-state index >= 15 is 0 Å². The molecule has 0 bridgehead atoms. The molecule has 4 atom stereocenters. The van der Waals surface area contributed by atoms with Crippen molar-refractivity contribution in [2.45, 2.75) is 79.6 Å². The molecule has 2 N–H and O–H groups in total. The van der Waals surface area contributed by atoms with Crippen LogP contribution in [0, 0.1) is 17.3 Å². The Morgan fingerprint density at radius 1 is 1.19 bits per heavy atom. The molecule has 1 aromatic heterocycles. The maximum absolute atomic E-state index is 12.9. The molecule has 0 spiro atoms. The minimum atomic E-state index is -0.865. The van der Waals surface area contributed by atoms with Gasteiger partial charge < -0.3 is 20.3 Å². The molecule has 11 nitrogen and oxygen atoms in total. The first kappa shape index (κ1) is 29.0. The molecular weight excluding hydrogens is 464 g/mol. The number of cyclic esters (lactones) is 1. The van der Waals surface area contributed by atoms with E-state index in [2.05, 4.69) is 48.3 Å². The lowest BCUT2D eigenvalue weighted by Gasteiger charge is -2.32. The Hall–Kier alpha value is -3.24. The van der Waals surface area contributed by atoms with Gasteiger partial charge in [0.05, 0.1) is 6.20 Å².